The van der Waals surface area contributed by atoms with E-state index in [0.29, 0.717) is 18.2 Å². The number of aromatic nitrogens is 1. The molecule has 0 bridgehead atoms. The number of nitrogens with two attached hydrogens (primary N) is 1. The third kappa shape index (κ3) is 4.51. The number of nitrogens with zero attached hydrogens (tertiary/aromatic N) is 1. The first kappa shape index (κ1) is 16.0. The van der Waals surface area contributed by atoms with Crippen LogP contribution in [0.4, 0.5) is 0 Å². The van der Waals surface area contributed by atoms with Crippen molar-refractivity contribution in [2.45, 2.75) is 51.0 Å². The number of hydrogen-bond donors (Lipinski definition) is 2. The predicted molar refractivity (Wildman–Crippen MR) is 75.6 cm³/mol. The average Bonchev–Trinajstić information content (AvgIpc) is 3.12. The van der Waals surface area contributed by atoms with Crippen molar-refractivity contribution < 1.29 is 9.32 Å². The summed E-state index contributed by atoms with van der Waals surface area (Å²) in [5.41, 5.74) is 6.01. The number of nitrogens with one attached hydrogen (secondary N) is 1. The molecule has 5 nitrogen and oxygen atoms in total. The van der Waals surface area contributed by atoms with Gasteiger partial charge < -0.3 is 15.6 Å². The maximum absolute atomic E-state index is 11.9. The summed E-state index contributed by atoms with van der Waals surface area (Å²) in [5, 5.41) is 6.72. The van der Waals surface area contributed by atoms with Crippen LogP contribution < -0.4 is 11.1 Å². The summed E-state index contributed by atoms with van der Waals surface area (Å²) in [6, 6.07) is 1.78. The molecule has 1 fully saturated rings. The molecule has 1 aliphatic carbocycles. The Hall–Kier alpha value is -1.07. The summed E-state index contributed by atoms with van der Waals surface area (Å²) in [7, 11) is 0. The fourth-order valence-corrected chi connectivity index (χ4v) is 1.92. The smallest absolute Gasteiger partial charge is 0.273 e. The zero-order chi connectivity index (χ0) is 13.0. The van der Waals surface area contributed by atoms with Crippen LogP contribution in [0.1, 0.15) is 61.2 Å². The van der Waals surface area contributed by atoms with E-state index >= 15 is 0 Å². The summed E-state index contributed by atoms with van der Waals surface area (Å²) in [5.74, 6) is 1.12. The second-order valence-electron chi connectivity index (χ2n) is 4.94. The Kier molecular flexibility index (Phi) is 6.31. The number of amides is 1. The molecule has 0 radical (unpaired) electrons. The lowest BCUT2D eigenvalue weighted by molar-refractivity contribution is 0.0926. The molecule has 1 atom stereocenters. The molecule has 1 amide bonds. The van der Waals surface area contributed by atoms with Gasteiger partial charge in [0.2, 0.25) is 0 Å². The van der Waals surface area contributed by atoms with Gasteiger partial charge >= 0.3 is 0 Å². The Balaban J connectivity index is 0.00000180. The number of halogens is 1. The van der Waals surface area contributed by atoms with Crippen LogP contribution in [0.15, 0.2) is 10.6 Å². The zero-order valence-electron chi connectivity index (χ0n) is 11.2. The first-order valence-corrected chi connectivity index (χ1v) is 6.72. The third-order valence-electron chi connectivity index (χ3n) is 3.27. The lowest BCUT2D eigenvalue weighted by Crippen LogP contribution is -2.40. The molecule has 3 N–H and O–H groups in total. The molecular weight excluding hydrogens is 266 g/mol. The molecule has 6 heteroatoms. The maximum Gasteiger partial charge on any atom is 0.273 e. The highest BCUT2D eigenvalue weighted by Gasteiger charge is 2.29. The monoisotopic (exact) mass is 287 g/mol. The standard InChI is InChI=1S/C13H21N3O2.ClH/c1-2-3-4-10(8-14)15-13(17)11-7-12(18-16-11)9-5-6-9;/h7,9-10H,2-6,8,14H2,1H3,(H,15,17);1H. The van der Waals surface area contributed by atoms with E-state index in [0.717, 1.165) is 37.9 Å². The van der Waals surface area contributed by atoms with Crippen molar-refractivity contribution in [3.8, 4) is 0 Å². The van der Waals surface area contributed by atoms with Crippen LogP contribution in [0.3, 0.4) is 0 Å². The van der Waals surface area contributed by atoms with Crippen molar-refractivity contribution in [1.82, 2.24) is 10.5 Å². The van der Waals surface area contributed by atoms with Crippen molar-refractivity contribution in [3.63, 3.8) is 0 Å². The van der Waals surface area contributed by atoms with E-state index in [4.69, 9.17) is 10.3 Å². The molecule has 0 spiro atoms. The Labute approximate surface area is 119 Å². The largest absolute Gasteiger partial charge is 0.360 e. The molecule has 1 saturated carbocycles. The summed E-state index contributed by atoms with van der Waals surface area (Å²) in [4.78, 5) is 11.9. The summed E-state index contributed by atoms with van der Waals surface area (Å²) in [6.07, 6.45) is 5.35. The summed E-state index contributed by atoms with van der Waals surface area (Å²) in [6.45, 7) is 2.58. The Morgan fingerprint density at radius 1 is 1.63 bits per heavy atom. The van der Waals surface area contributed by atoms with Gasteiger partial charge in [-0.3, -0.25) is 4.79 Å². The molecule has 0 saturated heterocycles. The second-order valence-corrected chi connectivity index (χ2v) is 4.94. The van der Waals surface area contributed by atoms with E-state index in [9.17, 15) is 4.79 Å². The van der Waals surface area contributed by atoms with E-state index in [2.05, 4.69) is 17.4 Å². The van der Waals surface area contributed by atoms with Crippen LogP contribution in [-0.2, 0) is 0 Å². The van der Waals surface area contributed by atoms with Crippen molar-refractivity contribution in [2.75, 3.05) is 6.54 Å². The van der Waals surface area contributed by atoms with E-state index in [1.54, 1.807) is 6.07 Å². The van der Waals surface area contributed by atoms with Crippen LogP contribution in [0, 0.1) is 0 Å². The highest BCUT2D eigenvalue weighted by Crippen LogP contribution is 2.40. The molecule has 1 unspecified atom stereocenters. The van der Waals surface area contributed by atoms with Gasteiger partial charge in [-0.25, -0.2) is 0 Å². The minimum Gasteiger partial charge on any atom is -0.360 e. The van der Waals surface area contributed by atoms with Crippen LogP contribution in [-0.4, -0.2) is 23.7 Å². The highest BCUT2D eigenvalue weighted by molar-refractivity contribution is 5.92. The average molecular weight is 288 g/mol. The predicted octanol–water partition coefficient (Wildman–Crippen LogP) is 2.22. The highest BCUT2D eigenvalue weighted by atomic mass is 35.5. The first-order valence-electron chi connectivity index (χ1n) is 6.72. The van der Waals surface area contributed by atoms with Crippen LogP contribution in [0.2, 0.25) is 0 Å². The SMILES string of the molecule is CCCCC(CN)NC(=O)c1cc(C2CC2)on1.Cl. The molecule has 1 heterocycles. The van der Waals surface area contributed by atoms with Gasteiger partial charge in [-0.15, -0.1) is 12.4 Å². The minimum atomic E-state index is -0.183. The number of unbranched alkanes of at least 4 members (excludes halogenated alkanes) is 1. The number of rotatable bonds is 7. The lowest BCUT2D eigenvalue weighted by Gasteiger charge is -2.15. The normalized spacial score (nSPS) is 15.7. The van der Waals surface area contributed by atoms with Gasteiger partial charge in [-0.2, -0.15) is 0 Å². The third-order valence-corrected chi connectivity index (χ3v) is 3.27. The Morgan fingerprint density at radius 2 is 2.37 bits per heavy atom. The number of hydrogen-bond acceptors (Lipinski definition) is 4. The second kappa shape index (κ2) is 7.50. The summed E-state index contributed by atoms with van der Waals surface area (Å²) >= 11 is 0. The maximum atomic E-state index is 11.9. The molecule has 0 aromatic carbocycles. The topological polar surface area (TPSA) is 81.1 Å². The summed E-state index contributed by atoms with van der Waals surface area (Å²) < 4.78 is 5.16. The van der Waals surface area contributed by atoms with Crippen molar-refractivity contribution >= 4 is 18.3 Å². The van der Waals surface area contributed by atoms with E-state index in [1.807, 2.05) is 0 Å². The van der Waals surface area contributed by atoms with Gasteiger partial charge in [0.1, 0.15) is 5.76 Å². The molecule has 108 valence electrons. The van der Waals surface area contributed by atoms with Gasteiger partial charge in [0, 0.05) is 24.6 Å². The van der Waals surface area contributed by atoms with Gasteiger partial charge in [-0.05, 0) is 19.3 Å². The van der Waals surface area contributed by atoms with Gasteiger partial charge in [0.05, 0.1) is 0 Å². The fraction of sp³-hybridized carbons (Fsp3) is 0.692. The molecule has 1 aliphatic rings. The quantitative estimate of drug-likeness (QED) is 0.806. The van der Waals surface area contributed by atoms with Crippen molar-refractivity contribution in [1.29, 1.82) is 0 Å². The number of carbonyl (C=O) groups excluding carboxylic acids is 1. The molecule has 2 rings (SSSR count). The van der Waals surface area contributed by atoms with Crippen LogP contribution >= 0.6 is 12.4 Å². The van der Waals surface area contributed by atoms with E-state index < -0.39 is 0 Å². The van der Waals surface area contributed by atoms with Crippen molar-refractivity contribution in [2.24, 2.45) is 5.73 Å². The number of carbonyl (C=O) groups is 1. The van der Waals surface area contributed by atoms with Crippen LogP contribution in [0.25, 0.3) is 0 Å². The molecular formula is C13H22ClN3O2. The Morgan fingerprint density at radius 3 is 2.95 bits per heavy atom. The van der Waals surface area contributed by atoms with Gasteiger partial charge in [0.15, 0.2) is 5.69 Å². The molecule has 19 heavy (non-hydrogen) atoms. The van der Waals surface area contributed by atoms with Gasteiger partial charge in [0.25, 0.3) is 5.91 Å². The first-order chi connectivity index (χ1) is 8.74. The fourth-order valence-electron chi connectivity index (χ4n) is 1.92. The van der Waals surface area contributed by atoms with Gasteiger partial charge in [-0.1, -0.05) is 24.9 Å². The van der Waals surface area contributed by atoms with E-state index in [1.165, 1.54) is 0 Å². The molecule has 1 aromatic rings. The minimum absolute atomic E-state index is 0. The Bertz CT molecular complexity index is 404. The molecule has 0 aliphatic heterocycles. The van der Waals surface area contributed by atoms with Crippen molar-refractivity contribution in [3.05, 3.63) is 17.5 Å². The zero-order valence-corrected chi connectivity index (χ0v) is 12.0. The van der Waals surface area contributed by atoms with Crippen LogP contribution in [0.5, 0.6) is 0 Å². The van der Waals surface area contributed by atoms with E-state index in [-0.39, 0.29) is 24.4 Å². The lowest BCUT2D eigenvalue weighted by atomic mass is 10.1. The molecule has 1 aromatic heterocycles.